The van der Waals surface area contributed by atoms with Gasteiger partial charge in [0.2, 0.25) is 0 Å². The Morgan fingerprint density at radius 1 is 1.40 bits per heavy atom. The molecule has 0 amide bonds. The van der Waals surface area contributed by atoms with E-state index >= 15 is 0 Å². The molecule has 0 bridgehead atoms. The summed E-state index contributed by atoms with van der Waals surface area (Å²) in [5, 5.41) is 0.805. The van der Waals surface area contributed by atoms with Gasteiger partial charge in [-0.05, 0) is 26.7 Å². The maximum atomic E-state index is 11.8. The van der Waals surface area contributed by atoms with Crippen LogP contribution in [0.3, 0.4) is 0 Å². The van der Waals surface area contributed by atoms with Crippen LogP contribution in [0.4, 0.5) is 0 Å². The lowest BCUT2D eigenvalue weighted by Gasteiger charge is -2.24. The molecule has 6 heteroatoms. The smallest absolute Gasteiger partial charge is 0.199 e. The van der Waals surface area contributed by atoms with E-state index in [1.54, 1.807) is 7.05 Å². The summed E-state index contributed by atoms with van der Waals surface area (Å²) in [5.74, 6) is 0. The van der Waals surface area contributed by atoms with Crippen molar-refractivity contribution in [2.75, 3.05) is 12.4 Å². The van der Waals surface area contributed by atoms with Gasteiger partial charge in [0.05, 0.1) is 0 Å². The van der Waals surface area contributed by atoms with E-state index in [1.165, 1.54) is 4.31 Å². The number of halogens is 1. The topological polar surface area (TPSA) is 49.4 Å². The van der Waals surface area contributed by atoms with Crippen LogP contribution in [0, 0.1) is 0 Å². The van der Waals surface area contributed by atoms with Crippen molar-refractivity contribution in [1.82, 2.24) is 9.03 Å². The molecule has 1 unspecified atom stereocenters. The molecule has 0 spiro atoms. The zero-order valence-corrected chi connectivity index (χ0v) is 12.2. The molecule has 0 saturated heterocycles. The number of hydrogen-bond donors (Lipinski definition) is 1. The SMILES string of the molecule is CCC(CCBr)NS(=O)(=O)N(C)C(C)C. The van der Waals surface area contributed by atoms with E-state index in [1.807, 2.05) is 20.8 Å². The standard InChI is InChI=1S/C9H21BrN2O2S/c1-5-9(6-7-10)11-15(13,14)12(4)8(2)3/h8-9,11H,5-7H2,1-4H3. The third-order valence-corrected chi connectivity index (χ3v) is 4.64. The fourth-order valence-electron chi connectivity index (χ4n) is 1.05. The number of nitrogens with zero attached hydrogens (tertiary/aromatic N) is 1. The van der Waals surface area contributed by atoms with Crippen molar-refractivity contribution in [2.24, 2.45) is 0 Å². The summed E-state index contributed by atoms with van der Waals surface area (Å²) in [6.07, 6.45) is 1.61. The second-order valence-corrected chi connectivity index (χ2v) is 6.37. The zero-order chi connectivity index (χ0) is 12.1. The lowest BCUT2D eigenvalue weighted by molar-refractivity contribution is 0.393. The van der Waals surface area contributed by atoms with Crippen molar-refractivity contribution >= 4 is 26.1 Å². The molecule has 0 aromatic rings. The third kappa shape index (κ3) is 5.29. The molecule has 0 radical (unpaired) electrons. The molecule has 0 saturated carbocycles. The van der Waals surface area contributed by atoms with E-state index in [2.05, 4.69) is 20.7 Å². The first-order valence-electron chi connectivity index (χ1n) is 5.16. The number of hydrogen-bond acceptors (Lipinski definition) is 2. The van der Waals surface area contributed by atoms with E-state index in [-0.39, 0.29) is 12.1 Å². The Morgan fingerprint density at radius 3 is 2.27 bits per heavy atom. The Kier molecular flexibility index (Phi) is 6.99. The molecule has 0 aromatic heterocycles. The summed E-state index contributed by atoms with van der Waals surface area (Å²) < 4.78 is 27.7. The quantitative estimate of drug-likeness (QED) is 0.728. The summed E-state index contributed by atoms with van der Waals surface area (Å²) in [4.78, 5) is 0. The fraction of sp³-hybridized carbons (Fsp3) is 1.00. The molecule has 92 valence electrons. The average Bonchev–Trinajstić information content (AvgIpc) is 2.15. The molecule has 1 N–H and O–H groups in total. The van der Waals surface area contributed by atoms with Gasteiger partial charge < -0.3 is 0 Å². The highest BCUT2D eigenvalue weighted by Crippen LogP contribution is 2.06. The summed E-state index contributed by atoms with van der Waals surface area (Å²) in [6, 6.07) is -0.0143. The van der Waals surface area contributed by atoms with Crippen LogP contribution in [0.2, 0.25) is 0 Å². The van der Waals surface area contributed by atoms with Crippen molar-refractivity contribution in [2.45, 2.75) is 45.7 Å². The highest BCUT2D eigenvalue weighted by atomic mass is 79.9. The van der Waals surface area contributed by atoms with E-state index in [0.29, 0.717) is 0 Å². The molecule has 0 heterocycles. The number of rotatable bonds is 7. The molecular formula is C9H21BrN2O2S. The Morgan fingerprint density at radius 2 is 1.93 bits per heavy atom. The van der Waals surface area contributed by atoms with Crippen molar-refractivity contribution < 1.29 is 8.42 Å². The predicted molar refractivity (Wildman–Crippen MR) is 67.4 cm³/mol. The molecule has 0 aromatic carbocycles. The van der Waals surface area contributed by atoms with Crippen LogP contribution in [0.15, 0.2) is 0 Å². The number of alkyl halides is 1. The van der Waals surface area contributed by atoms with Crippen LogP contribution in [-0.2, 0) is 10.2 Å². The summed E-state index contributed by atoms with van der Waals surface area (Å²) in [7, 11) is -1.74. The van der Waals surface area contributed by atoms with Crippen LogP contribution in [-0.4, -0.2) is 37.2 Å². The van der Waals surface area contributed by atoms with Crippen molar-refractivity contribution in [1.29, 1.82) is 0 Å². The molecule has 0 aliphatic rings. The maximum absolute atomic E-state index is 11.8. The van der Waals surface area contributed by atoms with Gasteiger partial charge in [-0.3, -0.25) is 0 Å². The molecular weight excluding hydrogens is 280 g/mol. The van der Waals surface area contributed by atoms with Gasteiger partial charge in [-0.25, -0.2) is 0 Å². The lowest BCUT2D eigenvalue weighted by atomic mass is 10.2. The second kappa shape index (κ2) is 6.83. The predicted octanol–water partition coefficient (Wildman–Crippen LogP) is 1.72. The highest BCUT2D eigenvalue weighted by molar-refractivity contribution is 9.09. The first kappa shape index (κ1) is 15.3. The number of nitrogens with one attached hydrogen (secondary N) is 1. The minimum Gasteiger partial charge on any atom is -0.199 e. The van der Waals surface area contributed by atoms with Crippen LogP contribution >= 0.6 is 15.9 Å². The van der Waals surface area contributed by atoms with Crippen LogP contribution in [0.1, 0.15) is 33.6 Å². The minimum absolute atomic E-state index is 0.00979. The van der Waals surface area contributed by atoms with Gasteiger partial charge in [0.15, 0.2) is 0 Å². The van der Waals surface area contributed by atoms with Crippen LogP contribution in [0.5, 0.6) is 0 Å². The first-order valence-corrected chi connectivity index (χ1v) is 7.72. The Labute approximate surface area is 102 Å². The highest BCUT2D eigenvalue weighted by Gasteiger charge is 2.22. The fourth-order valence-corrected chi connectivity index (χ4v) is 3.03. The summed E-state index contributed by atoms with van der Waals surface area (Å²) >= 11 is 3.32. The Hall–Kier alpha value is 0.350. The monoisotopic (exact) mass is 300 g/mol. The molecule has 15 heavy (non-hydrogen) atoms. The average molecular weight is 301 g/mol. The third-order valence-electron chi connectivity index (χ3n) is 2.37. The molecule has 0 fully saturated rings. The van der Waals surface area contributed by atoms with Gasteiger partial charge in [0.1, 0.15) is 0 Å². The molecule has 0 rings (SSSR count). The molecule has 1 atom stereocenters. The molecule has 0 aliphatic carbocycles. The van der Waals surface area contributed by atoms with Gasteiger partial charge in [0, 0.05) is 24.5 Å². The van der Waals surface area contributed by atoms with E-state index < -0.39 is 10.2 Å². The van der Waals surface area contributed by atoms with Gasteiger partial charge >= 0.3 is 0 Å². The van der Waals surface area contributed by atoms with Crippen LogP contribution < -0.4 is 4.72 Å². The summed E-state index contributed by atoms with van der Waals surface area (Å²) in [6.45, 7) is 5.68. The lowest BCUT2D eigenvalue weighted by Crippen LogP contribution is -2.46. The van der Waals surface area contributed by atoms with Crippen molar-refractivity contribution in [3.8, 4) is 0 Å². The zero-order valence-electron chi connectivity index (χ0n) is 9.83. The second-order valence-electron chi connectivity index (χ2n) is 3.82. The van der Waals surface area contributed by atoms with Gasteiger partial charge in [-0.1, -0.05) is 22.9 Å². The first-order chi connectivity index (χ1) is 6.85. The van der Waals surface area contributed by atoms with E-state index in [0.717, 1.165) is 18.2 Å². The molecule has 0 aliphatic heterocycles. The van der Waals surface area contributed by atoms with E-state index in [4.69, 9.17) is 0 Å². The van der Waals surface area contributed by atoms with Crippen molar-refractivity contribution in [3.63, 3.8) is 0 Å². The Balaban J connectivity index is 4.48. The van der Waals surface area contributed by atoms with Crippen LogP contribution in [0.25, 0.3) is 0 Å². The van der Waals surface area contributed by atoms with Gasteiger partial charge in [-0.2, -0.15) is 17.4 Å². The van der Waals surface area contributed by atoms with E-state index in [9.17, 15) is 8.42 Å². The van der Waals surface area contributed by atoms with Gasteiger partial charge in [0.25, 0.3) is 10.2 Å². The van der Waals surface area contributed by atoms with Gasteiger partial charge in [-0.15, -0.1) is 0 Å². The largest absolute Gasteiger partial charge is 0.279 e. The van der Waals surface area contributed by atoms with Crippen molar-refractivity contribution in [3.05, 3.63) is 0 Å². The maximum Gasteiger partial charge on any atom is 0.279 e. The summed E-state index contributed by atoms with van der Waals surface area (Å²) in [5.41, 5.74) is 0. The molecule has 4 nitrogen and oxygen atoms in total. The Bertz CT molecular complexity index is 267. The normalized spacial score (nSPS) is 14.9. The minimum atomic E-state index is -3.33.